The van der Waals surface area contributed by atoms with Crippen LogP contribution in [0.15, 0.2) is 22.7 Å². The number of hydrogen-bond acceptors (Lipinski definition) is 3. The molecule has 0 spiro atoms. The second-order valence-corrected chi connectivity index (χ2v) is 6.29. The van der Waals surface area contributed by atoms with E-state index < -0.39 is 0 Å². The highest BCUT2D eigenvalue weighted by molar-refractivity contribution is 9.10. The number of benzene rings is 1. The molecule has 2 aromatic rings. The number of rotatable bonds is 3. The van der Waals surface area contributed by atoms with E-state index in [1.165, 1.54) is 0 Å². The van der Waals surface area contributed by atoms with Gasteiger partial charge in [-0.05, 0) is 30.4 Å². The van der Waals surface area contributed by atoms with Crippen molar-refractivity contribution < 1.29 is 9.53 Å². The predicted octanol–water partition coefficient (Wildman–Crippen LogP) is 2.71. The molecule has 7 heteroatoms. The van der Waals surface area contributed by atoms with E-state index >= 15 is 0 Å². The third-order valence-corrected chi connectivity index (χ3v) is 4.46. The first-order valence-electron chi connectivity index (χ1n) is 6.89. The molecule has 5 nitrogen and oxygen atoms in total. The lowest BCUT2D eigenvalue weighted by Gasteiger charge is -2.26. The molecule has 1 fully saturated rings. The first kappa shape index (κ1) is 14.7. The van der Waals surface area contributed by atoms with Gasteiger partial charge in [-0.25, -0.2) is 0 Å². The Morgan fingerprint density at radius 3 is 2.90 bits per heavy atom. The van der Waals surface area contributed by atoms with Crippen LogP contribution in [0.1, 0.15) is 6.42 Å². The average Bonchev–Trinajstić information content (AvgIpc) is 2.80. The molecule has 1 aliphatic rings. The molecule has 21 heavy (non-hydrogen) atoms. The fourth-order valence-corrected chi connectivity index (χ4v) is 3.20. The van der Waals surface area contributed by atoms with E-state index in [9.17, 15) is 4.79 Å². The van der Waals surface area contributed by atoms with Crippen LogP contribution in [-0.4, -0.2) is 46.7 Å². The molecule has 1 aromatic heterocycles. The lowest BCUT2D eigenvalue weighted by molar-refractivity contribution is -0.135. The number of morpholine rings is 1. The Balaban J connectivity index is 1.74. The molecule has 1 amide bonds. The van der Waals surface area contributed by atoms with Gasteiger partial charge in [0.2, 0.25) is 5.91 Å². The molecule has 0 aliphatic carbocycles. The molecule has 0 saturated carbocycles. The highest BCUT2D eigenvalue weighted by Crippen LogP contribution is 2.20. The molecule has 0 atom stereocenters. The SMILES string of the molecule is O=C(CCn1c(=S)[nH]c2cc(Br)ccc21)N1CCOCC1. The number of imidazole rings is 1. The minimum absolute atomic E-state index is 0.159. The first-order valence-corrected chi connectivity index (χ1v) is 8.09. The quantitative estimate of drug-likeness (QED) is 0.846. The van der Waals surface area contributed by atoms with E-state index in [0.29, 0.717) is 44.0 Å². The molecule has 2 heterocycles. The molecule has 1 saturated heterocycles. The fraction of sp³-hybridized carbons (Fsp3) is 0.429. The number of halogens is 1. The summed E-state index contributed by atoms with van der Waals surface area (Å²) in [6.45, 7) is 3.23. The maximum Gasteiger partial charge on any atom is 0.224 e. The average molecular weight is 370 g/mol. The van der Waals surface area contributed by atoms with Crippen molar-refractivity contribution in [2.45, 2.75) is 13.0 Å². The predicted molar refractivity (Wildman–Crippen MR) is 86.8 cm³/mol. The van der Waals surface area contributed by atoms with Crippen molar-refractivity contribution in [3.8, 4) is 0 Å². The van der Waals surface area contributed by atoms with E-state index in [1.807, 2.05) is 27.7 Å². The Morgan fingerprint density at radius 1 is 1.38 bits per heavy atom. The number of aryl methyl sites for hydroxylation is 1. The van der Waals surface area contributed by atoms with Gasteiger partial charge in [-0.3, -0.25) is 4.79 Å². The van der Waals surface area contributed by atoms with E-state index in [2.05, 4.69) is 20.9 Å². The van der Waals surface area contributed by atoms with E-state index in [-0.39, 0.29) is 5.91 Å². The normalized spacial score (nSPS) is 15.6. The maximum atomic E-state index is 12.2. The van der Waals surface area contributed by atoms with Gasteiger partial charge >= 0.3 is 0 Å². The summed E-state index contributed by atoms with van der Waals surface area (Å²) in [6, 6.07) is 5.97. The Labute approximate surface area is 136 Å². The van der Waals surface area contributed by atoms with Crippen molar-refractivity contribution in [2.75, 3.05) is 26.3 Å². The Kier molecular flexibility index (Phi) is 4.42. The van der Waals surface area contributed by atoms with Crippen molar-refractivity contribution in [3.05, 3.63) is 27.4 Å². The molecule has 1 aliphatic heterocycles. The van der Waals surface area contributed by atoms with Gasteiger partial charge in [0.1, 0.15) is 0 Å². The molecular weight excluding hydrogens is 354 g/mol. The second kappa shape index (κ2) is 6.29. The summed E-state index contributed by atoms with van der Waals surface area (Å²) in [5, 5.41) is 0. The number of nitrogens with zero attached hydrogens (tertiary/aromatic N) is 2. The van der Waals surface area contributed by atoms with Crippen molar-refractivity contribution in [3.63, 3.8) is 0 Å². The van der Waals surface area contributed by atoms with Crippen LogP contribution in [0.2, 0.25) is 0 Å². The van der Waals surface area contributed by atoms with Gasteiger partial charge in [-0.2, -0.15) is 0 Å². The lowest BCUT2D eigenvalue weighted by Crippen LogP contribution is -2.40. The second-order valence-electron chi connectivity index (χ2n) is 4.99. The monoisotopic (exact) mass is 369 g/mol. The summed E-state index contributed by atoms with van der Waals surface area (Å²) >= 11 is 8.80. The molecule has 112 valence electrons. The van der Waals surface area contributed by atoms with Gasteiger partial charge in [0, 0.05) is 30.5 Å². The molecule has 1 aromatic carbocycles. The van der Waals surface area contributed by atoms with Gasteiger partial charge in [-0.15, -0.1) is 0 Å². The van der Waals surface area contributed by atoms with Crippen LogP contribution >= 0.6 is 28.1 Å². The standard InChI is InChI=1S/C14H16BrN3O2S/c15-10-1-2-12-11(9-10)16-14(21)18(12)4-3-13(19)17-5-7-20-8-6-17/h1-2,9H,3-8H2,(H,16,21). The zero-order valence-corrected chi connectivity index (χ0v) is 13.9. The van der Waals surface area contributed by atoms with Gasteiger partial charge in [0.15, 0.2) is 4.77 Å². The van der Waals surface area contributed by atoms with Crippen LogP contribution in [-0.2, 0) is 16.1 Å². The lowest BCUT2D eigenvalue weighted by atomic mass is 10.3. The number of carbonyl (C=O) groups excluding carboxylic acids is 1. The summed E-state index contributed by atoms with van der Waals surface area (Å²) in [7, 11) is 0. The van der Waals surface area contributed by atoms with Crippen molar-refractivity contribution >= 4 is 45.1 Å². The number of carbonyl (C=O) groups is 1. The summed E-state index contributed by atoms with van der Waals surface area (Å²) in [6.07, 6.45) is 0.456. The molecule has 0 radical (unpaired) electrons. The van der Waals surface area contributed by atoms with Crippen molar-refractivity contribution in [2.24, 2.45) is 0 Å². The first-order chi connectivity index (χ1) is 10.1. The van der Waals surface area contributed by atoms with Crippen molar-refractivity contribution in [1.29, 1.82) is 0 Å². The van der Waals surface area contributed by atoms with E-state index in [0.717, 1.165) is 15.5 Å². The van der Waals surface area contributed by atoms with Crippen molar-refractivity contribution in [1.82, 2.24) is 14.5 Å². The highest BCUT2D eigenvalue weighted by atomic mass is 79.9. The summed E-state index contributed by atoms with van der Waals surface area (Å²) < 4.78 is 8.90. The van der Waals surface area contributed by atoms with Gasteiger partial charge in [-0.1, -0.05) is 15.9 Å². The third kappa shape index (κ3) is 3.20. The summed E-state index contributed by atoms with van der Waals surface area (Å²) in [5.41, 5.74) is 2.01. The number of fused-ring (bicyclic) bond motifs is 1. The largest absolute Gasteiger partial charge is 0.378 e. The molecule has 0 unspecified atom stereocenters. The Bertz CT molecular complexity index is 719. The molecular formula is C14H16BrN3O2S. The van der Waals surface area contributed by atoms with Crippen LogP contribution in [0.4, 0.5) is 0 Å². The molecule has 3 rings (SSSR count). The van der Waals surface area contributed by atoms with E-state index in [4.69, 9.17) is 17.0 Å². The zero-order valence-electron chi connectivity index (χ0n) is 11.5. The summed E-state index contributed by atoms with van der Waals surface area (Å²) in [4.78, 5) is 17.2. The van der Waals surface area contributed by atoms with Crippen LogP contribution in [0.3, 0.4) is 0 Å². The van der Waals surface area contributed by atoms with Crippen LogP contribution < -0.4 is 0 Å². The fourth-order valence-electron chi connectivity index (χ4n) is 2.54. The highest BCUT2D eigenvalue weighted by Gasteiger charge is 2.17. The molecule has 1 N–H and O–H groups in total. The molecule has 0 bridgehead atoms. The zero-order chi connectivity index (χ0) is 14.8. The Hall–Kier alpha value is -1.18. The van der Waals surface area contributed by atoms with E-state index in [1.54, 1.807) is 0 Å². The number of amides is 1. The third-order valence-electron chi connectivity index (χ3n) is 3.65. The number of aromatic amines is 1. The summed E-state index contributed by atoms with van der Waals surface area (Å²) in [5.74, 6) is 0.159. The number of H-pyrrole nitrogens is 1. The smallest absolute Gasteiger partial charge is 0.224 e. The Morgan fingerprint density at radius 2 is 2.14 bits per heavy atom. The minimum Gasteiger partial charge on any atom is -0.378 e. The number of nitrogens with one attached hydrogen (secondary N) is 1. The van der Waals surface area contributed by atoms with Gasteiger partial charge < -0.3 is 19.2 Å². The number of aromatic nitrogens is 2. The van der Waals surface area contributed by atoms with Crippen LogP contribution in [0, 0.1) is 4.77 Å². The number of ether oxygens (including phenoxy) is 1. The minimum atomic E-state index is 0.159. The van der Waals surface area contributed by atoms with Gasteiger partial charge in [0.05, 0.1) is 24.2 Å². The number of hydrogen-bond donors (Lipinski definition) is 1. The topological polar surface area (TPSA) is 50.3 Å². The van der Waals surface area contributed by atoms with Gasteiger partial charge in [0.25, 0.3) is 0 Å². The maximum absolute atomic E-state index is 12.2. The van der Waals surface area contributed by atoms with Crippen LogP contribution in [0.25, 0.3) is 11.0 Å². The van der Waals surface area contributed by atoms with Crippen LogP contribution in [0.5, 0.6) is 0 Å².